The molecule has 0 spiro atoms. The van der Waals surface area contributed by atoms with Gasteiger partial charge >= 0.3 is 6.03 Å². The maximum atomic E-state index is 13.1. The first-order valence-electron chi connectivity index (χ1n) is 15.7. The number of hydrogen-bond acceptors (Lipinski definition) is 5. The standard InChI is InChI=1S/C38H33ClN6O.ClH/c39-34-20-26(11-8-25(34)21-40)45(38(41)46)37-28-5-2-1-4-22(28)19-35(44-37)33-7-3-6-29-31-13-9-23-18-24(36-42-16-17-43-36)10-12-27(23)30(31)14-15-32(29)33;/h1-9,11,13-15,19-20,24H,10,12,16-18,21,40H2,(H2,41,46)(H,42,43);1H. The zero-order chi connectivity index (χ0) is 31.4. The number of primary amides is 1. The van der Waals surface area contributed by atoms with E-state index in [4.69, 9.17) is 33.0 Å². The van der Waals surface area contributed by atoms with Crippen LogP contribution >= 0.6 is 24.0 Å². The number of aryl methyl sites for hydroxylation is 1. The smallest absolute Gasteiger partial charge is 0.325 e. The van der Waals surface area contributed by atoms with Gasteiger partial charge in [-0.3, -0.25) is 4.99 Å². The van der Waals surface area contributed by atoms with Gasteiger partial charge in [0.2, 0.25) is 0 Å². The van der Waals surface area contributed by atoms with Crippen LogP contribution in [-0.2, 0) is 19.4 Å². The lowest BCUT2D eigenvalue weighted by Crippen LogP contribution is -2.32. The van der Waals surface area contributed by atoms with Crippen LogP contribution in [0, 0.1) is 5.92 Å². The number of nitrogens with two attached hydrogens (primary N) is 2. The summed E-state index contributed by atoms with van der Waals surface area (Å²) in [5, 5.41) is 10.5. The van der Waals surface area contributed by atoms with Gasteiger partial charge < -0.3 is 16.8 Å². The minimum Gasteiger partial charge on any atom is -0.372 e. The number of amides is 2. The summed E-state index contributed by atoms with van der Waals surface area (Å²) < 4.78 is 0. The number of amidine groups is 1. The number of benzene rings is 5. The third-order valence-corrected chi connectivity index (χ3v) is 9.86. The molecule has 0 saturated carbocycles. The van der Waals surface area contributed by atoms with Gasteiger partial charge in [0.25, 0.3) is 0 Å². The number of carbonyl (C=O) groups excluding carboxylic acids is 1. The summed E-state index contributed by atoms with van der Waals surface area (Å²) in [6.45, 7) is 2.13. The van der Waals surface area contributed by atoms with Gasteiger partial charge in [0.15, 0.2) is 0 Å². The number of nitrogens with zero attached hydrogens (tertiary/aromatic N) is 3. The lowest BCUT2D eigenvalue weighted by molar-refractivity contribution is 0.256. The van der Waals surface area contributed by atoms with Crippen molar-refractivity contribution in [3.05, 3.63) is 113 Å². The monoisotopic (exact) mass is 660 g/mol. The van der Waals surface area contributed by atoms with Crippen molar-refractivity contribution in [1.29, 1.82) is 0 Å². The molecule has 5 aromatic carbocycles. The molecule has 0 bridgehead atoms. The zero-order valence-corrected chi connectivity index (χ0v) is 27.2. The third kappa shape index (κ3) is 5.34. The largest absolute Gasteiger partial charge is 0.372 e. The molecule has 5 N–H and O–H groups in total. The predicted octanol–water partition coefficient (Wildman–Crippen LogP) is 8.07. The Bertz CT molecular complexity index is 2230. The minimum absolute atomic E-state index is 0. The van der Waals surface area contributed by atoms with E-state index in [2.05, 4.69) is 53.8 Å². The van der Waals surface area contributed by atoms with Crippen LogP contribution < -0.4 is 21.7 Å². The molecule has 1 aliphatic carbocycles. The van der Waals surface area contributed by atoms with Crippen LogP contribution in [0.5, 0.6) is 0 Å². The van der Waals surface area contributed by atoms with Crippen LogP contribution in [0.3, 0.4) is 0 Å². The SMILES string of the molecule is Cl.NCc1ccc(N(C(N)=O)c2nc(-c3cccc4c3ccc3c5c(ccc34)CC(C3=NCCN3)CC5)cc3ccccc23)cc1Cl. The number of hydrogen-bond donors (Lipinski definition) is 3. The molecule has 8 rings (SSSR count). The molecule has 0 radical (unpaired) electrons. The summed E-state index contributed by atoms with van der Waals surface area (Å²) >= 11 is 6.52. The summed E-state index contributed by atoms with van der Waals surface area (Å²) in [5.74, 6) is 2.10. The van der Waals surface area contributed by atoms with Gasteiger partial charge in [0.05, 0.1) is 23.8 Å². The number of nitrogens with one attached hydrogen (secondary N) is 1. The lowest BCUT2D eigenvalue weighted by atomic mass is 9.80. The average Bonchev–Trinajstić information content (AvgIpc) is 3.63. The van der Waals surface area contributed by atoms with Crippen LogP contribution in [0.1, 0.15) is 23.1 Å². The molecule has 1 atom stereocenters. The normalized spacial score (nSPS) is 15.6. The van der Waals surface area contributed by atoms with Gasteiger partial charge in [-0.05, 0) is 81.1 Å². The van der Waals surface area contributed by atoms with Crippen molar-refractivity contribution in [2.45, 2.75) is 25.8 Å². The second kappa shape index (κ2) is 12.5. The van der Waals surface area contributed by atoms with Crippen molar-refractivity contribution in [2.75, 3.05) is 18.0 Å². The summed E-state index contributed by atoms with van der Waals surface area (Å²) in [4.78, 5) is 24.3. The number of pyridine rings is 1. The molecular formula is C38H34Cl2N6O. The summed E-state index contributed by atoms with van der Waals surface area (Å²) in [6.07, 6.45) is 3.17. The molecular weight excluding hydrogens is 627 g/mol. The topological polar surface area (TPSA) is 110 Å². The highest BCUT2D eigenvalue weighted by Crippen LogP contribution is 2.40. The molecule has 236 valence electrons. The molecule has 47 heavy (non-hydrogen) atoms. The first-order chi connectivity index (χ1) is 22.5. The Balaban J connectivity index is 0.00000351. The zero-order valence-electron chi connectivity index (χ0n) is 25.7. The predicted molar refractivity (Wildman–Crippen MR) is 196 cm³/mol. The van der Waals surface area contributed by atoms with Crippen molar-refractivity contribution < 1.29 is 4.79 Å². The van der Waals surface area contributed by atoms with Gasteiger partial charge in [-0.25, -0.2) is 14.7 Å². The molecule has 2 amide bonds. The van der Waals surface area contributed by atoms with Gasteiger partial charge in [0.1, 0.15) is 5.82 Å². The Labute approximate surface area is 284 Å². The summed E-state index contributed by atoms with van der Waals surface area (Å²) in [6, 6.07) is 30.1. The van der Waals surface area contributed by atoms with Crippen molar-refractivity contribution >= 4 is 79.7 Å². The van der Waals surface area contributed by atoms with Gasteiger partial charge in [-0.1, -0.05) is 84.4 Å². The van der Waals surface area contributed by atoms with E-state index in [0.717, 1.165) is 65.3 Å². The van der Waals surface area contributed by atoms with Crippen molar-refractivity contribution in [3.8, 4) is 11.3 Å². The fraction of sp³-hybridized carbons (Fsp3) is 0.184. The molecule has 0 saturated heterocycles. The molecule has 6 aromatic rings. The van der Waals surface area contributed by atoms with E-state index in [1.165, 1.54) is 38.0 Å². The fourth-order valence-electron chi connectivity index (χ4n) is 7.28. The second-order valence-corrected chi connectivity index (χ2v) is 12.5. The van der Waals surface area contributed by atoms with Crippen LogP contribution in [0.25, 0.3) is 43.6 Å². The number of rotatable bonds is 5. The Morgan fingerprint density at radius 1 is 0.915 bits per heavy atom. The Kier molecular flexibility index (Phi) is 8.22. The van der Waals surface area contributed by atoms with Crippen molar-refractivity contribution in [1.82, 2.24) is 10.3 Å². The number of fused-ring (bicyclic) bond motifs is 6. The van der Waals surface area contributed by atoms with E-state index in [9.17, 15) is 4.79 Å². The molecule has 1 aliphatic heterocycles. The molecule has 2 aliphatic rings. The van der Waals surface area contributed by atoms with Gasteiger partial charge in [-0.2, -0.15) is 0 Å². The van der Waals surface area contributed by atoms with E-state index >= 15 is 0 Å². The third-order valence-electron chi connectivity index (χ3n) is 9.51. The van der Waals surface area contributed by atoms with Crippen LogP contribution in [0.15, 0.2) is 96.0 Å². The Morgan fingerprint density at radius 2 is 1.70 bits per heavy atom. The average molecular weight is 662 g/mol. The minimum atomic E-state index is -0.655. The van der Waals surface area contributed by atoms with E-state index in [1.54, 1.807) is 12.1 Å². The van der Waals surface area contributed by atoms with Crippen LogP contribution in [0.4, 0.5) is 16.3 Å². The van der Waals surface area contributed by atoms with E-state index in [-0.39, 0.29) is 12.4 Å². The van der Waals surface area contributed by atoms with E-state index < -0.39 is 6.03 Å². The first-order valence-corrected chi connectivity index (χ1v) is 16.1. The maximum absolute atomic E-state index is 13.1. The number of anilines is 2. The number of aromatic nitrogens is 1. The van der Waals surface area contributed by atoms with Crippen LogP contribution in [0.2, 0.25) is 5.02 Å². The molecule has 1 aromatic heterocycles. The van der Waals surface area contributed by atoms with Crippen molar-refractivity contribution in [2.24, 2.45) is 22.4 Å². The number of halogens is 2. The fourth-order valence-corrected chi connectivity index (χ4v) is 7.54. The highest BCUT2D eigenvalue weighted by Gasteiger charge is 2.26. The Morgan fingerprint density at radius 3 is 2.49 bits per heavy atom. The molecule has 1 unspecified atom stereocenters. The van der Waals surface area contributed by atoms with Crippen molar-refractivity contribution in [3.63, 3.8) is 0 Å². The highest BCUT2D eigenvalue weighted by molar-refractivity contribution is 6.31. The Hall–Kier alpha value is -4.69. The van der Waals surface area contributed by atoms with E-state index in [0.29, 0.717) is 29.0 Å². The van der Waals surface area contributed by atoms with Gasteiger partial charge in [0, 0.05) is 35.0 Å². The highest BCUT2D eigenvalue weighted by atomic mass is 35.5. The summed E-state index contributed by atoms with van der Waals surface area (Å²) in [7, 11) is 0. The lowest BCUT2D eigenvalue weighted by Gasteiger charge is -2.26. The van der Waals surface area contributed by atoms with Crippen LogP contribution in [-0.4, -0.2) is 29.9 Å². The number of carbonyl (C=O) groups is 1. The van der Waals surface area contributed by atoms with E-state index in [1.807, 2.05) is 30.3 Å². The molecule has 0 fully saturated rings. The second-order valence-electron chi connectivity index (χ2n) is 12.1. The number of urea groups is 1. The first kappa shape index (κ1) is 30.9. The molecule has 2 heterocycles. The summed E-state index contributed by atoms with van der Waals surface area (Å²) in [5.41, 5.74) is 17.8. The van der Waals surface area contributed by atoms with Gasteiger partial charge in [-0.15, -0.1) is 12.4 Å². The maximum Gasteiger partial charge on any atom is 0.325 e. The molecule has 7 nitrogen and oxygen atoms in total. The quantitative estimate of drug-likeness (QED) is 0.162. The number of aliphatic imine (C=N–C) groups is 1. The molecule has 9 heteroatoms.